The molecular formula is C18H13FN4O5. The molecule has 9 nitrogen and oxygen atoms in total. The number of nitrogens with one attached hydrogen (secondary N) is 1. The molecule has 1 aromatic carbocycles. The second-order valence-electron chi connectivity index (χ2n) is 6.19. The van der Waals surface area contributed by atoms with Gasteiger partial charge in [-0.05, 0) is 17.7 Å². The summed E-state index contributed by atoms with van der Waals surface area (Å²) in [6, 6.07) is 6.24. The van der Waals surface area contributed by atoms with Gasteiger partial charge in [0.2, 0.25) is 0 Å². The zero-order chi connectivity index (χ0) is 19.8. The van der Waals surface area contributed by atoms with Crippen molar-refractivity contribution in [1.82, 2.24) is 19.9 Å². The summed E-state index contributed by atoms with van der Waals surface area (Å²) in [5, 5.41) is 15.5. The van der Waals surface area contributed by atoms with Gasteiger partial charge in [0.25, 0.3) is 5.91 Å². The Bertz CT molecular complexity index is 1140. The zero-order valence-electron chi connectivity index (χ0n) is 14.3. The normalized spacial score (nSPS) is 13.1. The maximum absolute atomic E-state index is 13.8. The van der Waals surface area contributed by atoms with Gasteiger partial charge < -0.3 is 15.2 Å². The maximum Gasteiger partial charge on any atom is 0.354 e. The van der Waals surface area contributed by atoms with Crippen LogP contribution >= 0.6 is 0 Å². The number of fused-ring (bicyclic) bond motifs is 2. The van der Waals surface area contributed by atoms with Crippen LogP contribution in [0.3, 0.4) is 0 Å². The fraction of sp³-hybridized carbons (Fsp3) is 0.167. The third kappa shape index (κ3) is 3.15. The van der Waals surface area contributed by atoms with Crippen molar-refractivity contribution in [3.8, 4) is 5.75 Å². The number of aromatic nitrogens is 3. The number of carboxylic acid groups (broad SMARTS) is 1. The minimum Gasteiger partial charge on any atom is -0.486 e. The third-order valence-corrected chi connectivity index (χ3v) is 4.23. The molecule has 10 heteroatoms. The van der Waals surface area contributed by atoms with E-state index in [0.29, 0.717) is 5.75 Å². The van der Waals surface area contributed by atoms with E-state index in [1.165, 1.54) is 0 Å². The summed E-state index contributed by atoms with van der Waals surface area (Å²) in [6.07, 6.45) is 1.09. The van der Waals surface area contributed by atoms with Crippen molar-refractivity contribution in [2.75, 3.05) is 6.61 Å². The molecule has 28 heavy (non-hydrogen) atoms. The van der Waals surface area contributed by atoms with E-state index in [1.807, 2.05) is 0 Å². The molecule has 0 spiro atoms. The SMILES string of the molecule is O=C1COc2ccc(CNC(=O)c3cc(C(=O)O)n4ncc(F)c4n3)cc2C1. The topological polar surface area (TPSA) is 123 Å². The Hall–Kier alpha value is -3.82. The quantitative estimate of drug-likeness (QED) is 0.688. The van der Waals surface area contributed by atoms with E-state index < -0.39 is 17.7 Å². The molecule has 1 aliphatic rings. The van der Waals surface area contributed by atoms with E-state index in [-0.39, 0.29) is 42.4 Å². The van der Waals surface area contributed by atoms with Crippen LogP contribution < -0.4 is 10.1 Å². The van der Waals surface area contributed by atoms with Crippen molar-refractivity contribution in [3.63, 3.8) is 0 Å². The highest BCUT2D eigenvalue weighted by molar-refractivity contribution is 5.96. The fourth-order valence-corrected chi connectivity index (χ4v) is 2.92. The van der Waals surface area contributed by atoms with Crippen LogP contribution in [0.15, 0.2) is 30.5 Å². The Morgan fingerprint density at radius 3 is 2.93 bits per heavy atom. The summed E-state index contributed by atoms with van der Waals surface area (Å²) >= 11 is 0. The van der Waals surface area contributed by atoms with Crippen LogP contribution in [0.4, 0.5) is 4.39 Å². The molecule has 3 heterocycles. The van der Waals surface area contributed by atoms with Gasteiger partial charge in [0.05, 0.1) is 6.20 Å². The smallest absolute Gasteiger partial charge is 0.354 e. The average molecular weight is 384 g/mol. The highest BCUT2D eigenvalue weighted by Gasteiger charge is 2.20. The van der Waals surface area contributed by atoms with Gasteiger partial charge in [-0.3, -0.25) is 9.59 Å². The first-order valence-electron chi connectivity index (χ1n) is 8.24. The Balaban J connectivity index is 1.56. The number of carbonyl (C=O) groups excluding carboxylic acids is 2. The molecule has 0 saturated heterocycles. The molecule has 1 amide bonds. The first kappa shape index (κ1) is 17.6. The molecule has 2 N–H and O–H groups in total. The van der Waals surface area contributed by atoms with Gasteiger partial charge in [0, 0.05) is 24.6 Å². The van der Waals surface area contributed by atoms with E-state index in [9.17, 15) is 23.9 Å². The van der Waals surface area contributed by atoms with Crippen LogP contribution in [0, 0.1) is 5.82 Å². The number of carbonyl (C=O) groups is 3. The maximum atomic E-state index is 13.8. The van der Waals surface area contributed by atoms with E-state index in [4.69, 9.17) is 4.74 Å². The molecule has 3 aromatic rings. The third-order valence-electron chi connectivity index (χ3n) is 4.23. The summed E-state index contributed by atoms with van der Waals surface area (Å²) in [7, 11) is 0. The van der Waals surface area contributed by atoms with Crippen LogP contribution in [0.25, 0.3) is 5.65 Å². The summed E-state index contributed by atoms with van der Waals surface area (Å²) in [6.45, 7) is 0.158. The molecule has 1 aliphatic heterocycles. The first-order chi connectivity index (χ1) is 13.4. The second-order valence-corrected chi connectivity index (χ2v) is 6.19. The van der Waals surface area contributed by atoms with E-state index in [2.05, 4.69) is 15.4 Å². The van der Waals surface area contributed by atoms with Gasteiger partial charge in [0.1, 0.15) is 18.1 Å². The zero-order valence-corrected chi connectivity index (χ0v) is 14.3. The van der Waals surface area contributed by atoms with Crippen LogP contribution in [0.1, 0.15) is 32.1 Å². The number of hydrogen-bond acceptors (Lipinski definition) is 6. The number of halogens is 1. The molecule has 0 saturated carbocycles. The van der Waals surface area contributed by atoms with Gasteiger partial charge >= 0.3 is 5.97 Å². The van der Waals surface area contributed by atoms with Gasteiger partial charge in [-0.15, -0.1) is 0 Å². The lowest BCUT2D eigenvalue weighted by atomic mass is 10.0. The number of carboxylic acids is 1. The van der Waals surface area contributed by atoms with E-state index in [1.54, 1.807) is 18.2 Å². The molecule has 142 valence electrons. The molecule has 2 aromatic heterocycles. The average Bonchev–Trinajstić information content (AvgIpc) is 3.05. The van der Waals surface area contributed by atoms with Crippen molar-refractivity contribution < 1.29 is 28.6 Å². The minimum atomic E-state index is -1.37. The second kappa shape index (κ2) is 6.72. The molecule has 0 unspecified atom stereocenters. The van der Waals surface area contributed by atoms with Gasteiger partial charge in [-0.1, -0.05) is 6.07 Å². The monoisotopic (exact) mass is 384 g/mol. The van der Waals surface area contributed by atoms with Crippen LogP contribution in [0.5, 0.6) is 5.75 Å². The fourth-order valence-electron chi connectivity index (χ4n) is 2.92. The van der Waals surface area contributed by atoms with E-state index >= 15 is 0 Å². The molecule has 0 atom stereocenters. The molecule has 4 rings (SSSR count). The number of Topliss-reactive ketones (excluding diaryl/α,β-unsaturated/α-hetero) is 1. The lowest BCUT2D eigenvalue weighted by Crippen LogP contribution is -2.25. The van der Waals surface area contributed by atoms with Gasteiger partial charge in [0.15, 0.2) is 22.9 Å². The number of hydrogen-bond donors (Lipinski definition) is 2. The summed E-state index contributed by atoms with van der Waals surface area (Å²) in [5.41, 5.74) is 0.469. The molecule has 0 radical (unpaired) electrons. The van der Waals surface area contributed by atoms with Gasteiger partial charge in [-0.2, -0.15) is 5.10 Å². The molecule has 0 fully saturated rings. The number of benzene rings is 1. The first-order valence-corrected chi connectivity index (χ1v) is 8.24. The summed E-state index contributed by atoms with van der Waals surface area (Å²) in [4.78, 5) is 39.1. The molecular weight excluding hydrogens is 371 g/mol. The number of ether oxygens (including phenoxy) is 1. The lowest BCUT2D eigenvalue weighted by molar-refractivity contribution is -0.121. The number of ketones is 1. The Labute approximate surface area is 156 Å². The lowest BCUT2D eigenvalue weighted by Gasteiger charge is -2.17. The van der Waals surface area contributed by atoms with Crippen molar-refractivity contribution in [3.05, 3.63) is 58.8 Å². The Morgan fingerprint density at radius 1 is 1.32 bits per heavy atom. The molecule has 0 aliphatic carbocycles. The highest BCUT2D eigenvalue weighted by atomic mass is 19.1. The predicted octanol–water partition coefficient (Wildman–Crippen LogP) is 1.00. The highest BCUT2D eigenvalue weighted by Crippen LogP contribution is 2.24. The summed E-state index contributed by atoms with van der Waals surface area (Å²) < 4.78 is 19.9. The number of nitrogens with zero attached hydrogens (tertiary/aromatic N) is 3. The largest absolute Gasteiger partial charge is 0.486 e. The van der Waals surface area contributed by atoms with Crippen LogP contribution in [-0.2, 0) is 17.8 Å². The summed E-state index contributed by atoms with van der Waals surface area (Å²) in [5.74, 6) is -2.28. The number of aromatic carboxylic acids is 1. The predicted molar refractivity (Wildman–Crippen MR) is 91.7 cm³/mol. The van der Waals surface area contributed by atoms with Crippen molar-refractivity contribution in [1.29, 1.82) is 0 Å². The van der Waals surface area contributed by atoms with Crippen molar-refractivity contribution >= 4 is 23.3 Å². The van der Waals surface area contributed by atoms with Crippen molar-refractivity contribution in [2.24, 2.45) is 0 Å². The Kier molecular flexibility index (Phi) is 4.22. The van der Waals surface area contributed by atoms with Crippen LogP contribution in [-0.4, -0.2) is 44.0 Å². The number of amides is 1. The van der Waals surface area contributed by atoms with E-state index in [0.717, 1.165) is 27.9 Å². The minimum absolute atomic E-state index is 0.0322. The van der Waals surface area contributed by atoms with Gasteiger partial charge in [-0.25, -0.2) is 18.7 Å². The Morgan fingerprint density at radius 2 is 2.14 bits per heavy atom. The molecule has 0 bridgehead atoms. The number of rotatable bonds is 4. The van der Waals surface area contributed by atoms with Crippen LogP contribution in [0.2, 0.25) is 0 Å². The van der Waals surface area contributed by atoms with Crippen molar-refractivity contribution in [2.45, 2.75) is 13.0 Å². The standard InChI is InChI=1S/C18H13FN4O5/c19-12-7-21-23-14(18(26)27)5-13(22-16(12)23)17(25)20-6-9-1-2-15-10(3-9)4-11(24)8-28-15/h1-3,5,7H,4,6,8H2,(H,20,25)(H,26,27).